The number of aryl methyl sites for hydroxylation is 1. The molecule has 1 fully saturated rings. The minimum absolute atomic E-state index is 0.111. The van der Waals surface area contributed by atoms with E-state index in [0.29, 0.717) is 13.0 Å². The first-order valence-electron chi connectivity index (χ1n) is 7.78. The molecule has 0 spiro atoms. The molecule has 1 atom stereocenters. The fourth-order valence-corrected chi connectivity index (χ4v) is 2.76. The Kier molecular flexibility index (Phi) is 4.73. The van der Waals surface area contributed by atoms with Crippen LogP contribution < -0.4 is 4.74 Å². The largest absolute Gasteiger partial charge is 0.489 e. The van der Waals surface area contributed by atoms with Gasteiger partial charge in [0.2, 0.25) is 5.91 Å². The number of hydrogen-bond donors (Lipinski definition) is 1. The maximum absolute atomic E-state index is 12.2. The summed E-state index contributed by atoms with van der Waals surface area (Å²) in [6, 6.07) is 9.80. The zero-order valence-corrected chi connectivity index (χ0v) is 12.6. The summed E-state index contributed by atoms with van der Waals surface area (Å²) in [6.07, 6.45) is 7.04. The number of hydrogen-bond acceptors (Lipinski definition) is 3. The van der Waals surface area contributed by atoms with Gasteiger partial charge in [-0.05, 0) is 30.5 Å². The maximum atomic E-state index is 12.2. The lowest BCUT2D eigenvalue weighted by Gasteiger charge is -2.17. The third-order valence-electron chi connectivity index (χ3n) is 3.95. The van der Waals surface area contributed by atoms with Crippen molar-refractivity contribution in [2.24, 2.45) is 0 Å². The van der Waals surface area contributed by atoms with E-state index >= 15 is 0 Å². The smallest absolute Gasteiger partial charge is 0.222 e. The Labute approximate surface area is 130 Å². The lowest BCUT2D eigenvalue weighted by molar-refractivity contribution is -0.130. The Balaban J connectivity index is 1.41. The van der Waals surface area contributed by atoms with E-state index in [1.807, 2.05) is 47.6 Å². The lowest BCUT2D eigenvalue weighted by Crippen LogP contribution is -2.30. The van der Waals surface area contributed by atoms with Gasteiger partial charge in [0.05, 0.1) is 12.7 Å². The van der Waals surface area contributed by atoms with E-state index in [1.54, 1.807) is 0 Å². The van der Waals surface area contributed by atoms with Crippen LogP contribution in [0.5, 0.6) is 5.75 Å². The predicted molar refractivity (Wildman–Crippen MR) is 83.6 cm³/mol. The molecule has 1 saturated heterocycles. The van der Waals surface area contributed by atoms with E-state index in [4.69, 9.17) is 4.74 Å². The number of H-pyrrole nitrogens is 1. The third-order valence-corrected chi connectivity index (χ3v) is 3.95. The number of rotatable bonds is 6. The van der Waals surface area contributed by atoms with Gasteiger partial charge in [0.1, 0.15) is 11.9 Å². The predicted octanol–water partition coefficient (Wildman–Crippen LogP) is 2.41. The molecule has 1 aliphatic heterocycles. The van der Waals surface area contributed by atoms with Gasteiger partial charge in [0, 0.05) is 25.6 Å². The van der Waals surface area contributed by atoms with Crippen molar-refractivity contribution in [3.05, 3.63) is 48.3 Å². The van der Waals surface area contributed by atoms with Gasteiger partial charge in [0.15, 0.2) is 0 Å². The van der Waals surface area contributed by atoms with Crippen molar-refractivity contribution in [1.82, 2.24) is 15.1 Å². The number of nitrogens with one attached hydrogen (secondary N) is 1. The molecule has 5 heteroatoms. The van der Waals surface area contributed by atoms with Crippen molar-refractivity contribution < 1.29 is 9.53 Å². The molecule has 1 aromatic heterocycles. The molecule has 2 heterocycles. The van der Waals surface area contributed by atoms with Crippen molar-refractivity contribution in [1.29, 1.82) is 0 Å². The molecule has 5 nitrogen and oxygen atoms in total. The van der Waals surface area contributed by atoms with Crippen LogP contribution in [-0.4, -0.2) is 40.2 Å². The van der Waals surface area contributed by atoms with Gasteiger partial charge in [-0.1, -0.05) is 18.2 Å². The molecule has 22 heavy (non-hydrogen) atoms. The van der Waals surface area contributed by atoms with Crippen molar-refractivity contribution in [2.45, 2.75) is 31.8 Å². The number of benzene rings is 1. The monoisotopic (exact) mass is 299 g/mol. The molecule has 3 rings (SSSR count). The molecule has 0 bridgehead atoms. The molecule has 116 valence electrons. The van der Waals surface area contributed by atoms with Crippen LogP contribution in [0, 0.1) is 0 Å². The third kappa shape index (κ3) is 3.87. The van der Waals surface area contributed by atoms with E-state index in [1.165, 1.54) is 0 Å². The molecule has 0 saturated carbocycles. The maximum Gasteiger partial charge on any atom is 0.222 e. The molecule has 1 aromatic carbocycles. The summed E-state index contributed by atoms with van der Waals surface area (Å²) in [4.78, 5) is 14.1. The summed E-state index contributed by atoms with van der Waals surface area (Å²) in [5.41, 5.74) is 1.15. The number of carbonyl (C=O) groups excluding carboxylic acids is 1. The van der Waals surface area contributed by atoms with Crippen molar-refractivity contribution in [3.63, 3.8) is 0 Å². The normalized spacial score (nSPS) is 17.6. The number of carbonyl (C=O) groups is 1. The molecule has 0 unspecified atom stereocenters. The number of aromatic amines is 1. The van der Waals surface area contributed by atoms with E-state index in [-0.39, 0.29) is 12.0 Å². The average Bonchev–Trinajstić information content (AvgIpc) is 3.20. The highest BCUT2D eigenvalue weighted by atomic mass is 16.5. The number of ether oxygens (including phenoxy) is 1. The van der Waals surface area contributed by atoms with E-state index in [0.717, 1.165) is 37.1 Å². The fourth-order valence-electron chi connectivity index (χ4n) is 2.76. The van der Waals surface area contributed by atoms with Gasteiger partial charge in [0.25, 0.3) is 0 Å². The lowest BCUT2D eigenvalue weighted by atomic mass is 10.1. The van der Waals surface area contributed by atoms with Gasteiger partial charge in [-0.2, -0.15) is 5.10 Å². The Morgan fingerprint density at radius 2 is 2.23 bits per heavy atom. The molecular formula is C17H21N3O2. The van der Waals surface area contributed by atoms with Crippen LogP contribution in [0.3, 0.4) is 0 Å². The Bertz CT molecular complexity index is 583. The van der Waals surface area contributed by atoms with E-state index < -0.39 is 0 Å². The highest BCUT2D eigenvalue weighted by Crippen LogP contribution is 2.19. The average molecular weight is 299 g/mol. The van der Waals surface area contributed by atoms with Crippen molar-refractivity contribution in [3.8, 4) is 5.75 Å². The molecule has 2 aromatic rings. The van der Waals surface area contributed by atoms with Gasteiger partial charge in [-0.15, -0.1) is 0 Å². The summed E-state index contributed by atoms with van der Waals surface area (Å²) in [6.45, 7) is 1.49. The second-order valence-corrected chi connectivity index (χ2v) is 5.64. The summed E-state index contributed by atoms with van der Waals surface area (Å²) in [5.74, 6) is 1.10. The van der Waals surface area contributed by atoms with Crippen LogP contribution in [0.4, 0.5) is 0 Å². The zero-order valence-electron chi connectivity index (χ0n) is 12.6. The van der Waals surface area contributed by atoms with Gasteiger partial charge in [-0.25, -0.2) is 0 Å². The minimum atomic E-state index is 0.111. The van der Waals surface area contributed by atoms with Gasteiger partial charge < -0.3 is 9.64 Å². The summed E-state index contributed by atoms with van der Waals surface area (Å²) in [5, 5.41) is 6.70. The summed E-state index contributed by atoms with van der Waals surface area (Å²) in [7, 11) is 0. The van der Waals surface area contributed by atoms with Crippen molar-refractivity contribution in [2.75, 3.05) is 13.1 Å². The van der Waals surface area contributed by atoms with Crippen LogP contribution in [0.1, 0.15) is 24.8 Å². The molecule has 1 amide bonds. The first-order valence-corrected chi connectivity index (χ1v) is 7.78. The number of amides is 1. The first-order chi connectivity index (χ1) is 10.8. The van der Waals surface area contributed by atoms with E-state index in [9.17, 15) is 4.79 Å². The van der Waals surface area contributed by atoms with Gasteiger partial charge in [-0.3, -0.25) is 9.89 Å². The van der Waals surface area contributed by atoms with Crippen LogP contribution >= 0.6 is 0 Å². The van der Waals surface area contributed by atoms with Crippen LogP contribution in [0.2, 0.25) is 0 Å². The zero-order chi connectivity index (χ0) is 15.2. The minimum Gasteiger partial charge on any atom is -0.489 e. The standard InChI is InChI=1S/C17H21N3O2/c21-17(8-4-5-14-11-18-19-12-14)20-10-9-16(13-20)22-15-6-2-1-3-7-15/h1-3,6-7,11-12,16H,4-5,8-10,13H2,(H,18,19)/t16-/m1/s1. The number of likely N-dealkylation sites (tertiary alicyclic amines) is 1. The number of nitrogens with zero attached hydrogens (tertiary/aromatic N) is 2. The SMILES string of the molecule is O=C(CCCc1cn[nH]c1)N1CC[C@@H](Oc2ccccc2)C1. The molecule has 1 N–H and O–H groups in total. The fraction of sp³-hybridized carbons (Fsp3) is 0.412. The molecule has 0 aliphatic carbocycles. The highest BCUT2D eigenvalue weighted by Gasteiger charge is 2.27. The van der Waals surface area contributed by atoms with Crippen LogP contribution in [0.15, 0.2) is 42.7 Å². The second kappa shape index (κ2) is 7.11. The molecular weight excluding hydrogens is 278 g/mol. The number of para-hydroxylation sites is 1. The number of aromatic nitrogens is 2. The Morgan fingerprint density at radius 3 is 3.00 bits per heavy atom. The molecule has 1 aliphatic rings. The summed E-state index contributed by atoms with van der Waals surface area (Å²) < 4.78 is 5.91. The topological polar surface area (TPSA) is 58.2 Å². The van der Waals surface area contributed by atoms with Crippen molar-refractivity contribution >= 4 is 5.91 Å². The first kappa shape index (κ1) is 14.6. The highest BCUT2D eigenvalue weighted by molar-refractivity contribution is 5.76. The van der Waals surface area contributed by atoms with Gasteiger partial charge >= 0.3 is 0 Å². The second-order valence-electron chi connectivity index (χ2n) is 5.64. The van der Waals surface area contributed by atoms with E-state index in [2.05, 4.69) is 10.2 Å². The van der Waals surface area contributed by atoms with Crippen LogP contribution in [0.25, 0.3) is 0 Å². The Hall–Kier alpha value is -2.30. The summed E-state index contributed by atoms with van der Waals surface area (Å²) >= 11 is 0. The quantitative estimate of drug-likeness (QED) is 0.891. The Morgan fingerprint density at radius 1 is 1.36 bits per heavy atom. The van der Waals surface area contributed by atoms with Crippen LogP contribution in [-0.2, 0) is 11.2 Å². The molecule has 0 radical (unpaired) electrons.